The molecule has 0 heterocycles. The van der Waals surface area contributed by atoms with Crippen LogP contribution in [-0.2, 0) is 10.0 Å². The fourth-order valence-corrected chi connectivity index (χ4v) is 5.21. The summed E-state index contributed by atoms with van der Waals surface area (Å²) in [6, 6.07) is 11.5. The van der Waals surface area contributed by atoms with Crippen LogP contribution in [0.3, 0.4) is 0 Å². The Labute approximate surface area is 209 Å². The number of hydrazone groups is 1. The number of benzene rings is 3. The van der Waals surface area contributed by atoms with Crippen molar-refractivity contribution in [3.05, 3.63) is 84.8 Å². The van der Waals surface area contributed by atoms with Crippen molar-refractivity contribution in [2.45, 2.75) is 4.90 Å². The van der Waals surface area contributed by atoms with Crippen LogP contribution in [0.25, 0.3) is 0 Å². The van der Waals surface area contributed by atoms with Gasteiger partial charge in [0.2, 0.25) is 0 Å². The van der Waals surface area contributed by atoms with Crippen LogP contribution in [0.1, 0.15) is 15.9 Å². The molecule has 0 spiro atoms. The molecule has 34 heavy (non-hydrogen) atoms. The number of para-hydroxylation sites is 1. The number of phenols is 1. The van der Waals surface area contributed by atoms with Crippen LogP contribution in [0.4, 0.5) is 17.1 Å². The van der Waals surface area contributed by atoms with Gasteiger partial charge in [-0.05, 0) is 67.8 Å². The highest BCUT2D eigenvalue weighted by atomic mass is 79.9. The van der Waals surface area contributed by atoms with Crippen molar-refractivity contribution < 1.29 is 28.3 Å². The zero-order chi connectivity index (χ0) is 25.0. The molecule has 0 unspecified atom stereocenters. The number of nitro benzene ring substituents is 1. The Kier molecular flexibility index (Phi) is 7.54. The van der Waals surface area contributed by atoms with Gasteiger partial charge in [0.1, 0.15) is 10.6 Å². The molecule has 0 bridgehead atoms. The first-order valence-corrected chi connectivity index (χ1v) is 12.2. The number of anilines is 2. The minimum atomic E-state index is -4.47. The van der Waals surface area contributed by atoms with Gasteiger partial charge in [-0.15, -0.1) is 0 Å². The van der Waals surface area contributed by atoms with Crippen molar-refractivity contribution in [3.8, 4) is 5.75 Å². The van der Waals surface area contributed by atoms with Crippen molar-refractivity contribution in [2.24, 2.45) is 5.10 Å². The maximum Gasteiger partial charge on any atom is 0.337 e. The Balaban J connectivity index is 1.99. The Bertz CT molecular complexity index is 1410. The Morgan fingerprint density at radius 2 is 1.71 bits per heavy atom. The van der Waals surface area contributed by atoms with Crippen LogP contribution >= 0.6 is 31.9 Å². The summed E-state index contributed by atoms with van der Waals surface area (Å²) in [6.45, 7) is 0. The predicted octanol–water partition coefficient (Wildman–Crippen LogP) is 4.77. The lowest BCUT2D eigenvalue weighted by Gasteiger charge is -2.13. The largest absolute Gasteiger partial charge is 0.506 e. The number of hydrogen-bond acceptors (Lipinski definition) is 8. The SMILES string of the molecule is O=C(O)c1ccccc1NS(=O)(=O)c1cc([N+](=O)[O-])ccc1N/N=C/c1cc(Br)c(O)c(Br)c1. The lowest BCUT2D eigenvalue weighted by atomic mass is 10.2. The van der Waals surface area contributed by atoms with Crippen molar-refractivity contribution in [2.75, 3.05) is 10.1 Å². The highest BCUT2D eigenvalue weighted by Gasteiger charge is 2.24. The molecule has 3 rings (SSSR count). The van der Waals surface area contributed by atoms with E-state index < -0.39 is 31.5 Å². The van der Waals surface area contributed by atoms with E-state index in [0.717, 1.165) is 18.2 Å². The molecular weight excluding hydrogens is 600 g/mol. The summed E-state index contributed by atoms with van der Waals surface area (Å²) in [5.74, 6) is -1.37. The number of non-ortho nitro benzene ring substituents is 1. The molecule has 4 N–H and O–H groups in total. The number of halogens is 2. The van der Waals surface area contributed by atoms with E-state index in [1.165, 1.54) is 30.5 Å². The molecule has 176 valence electrons. The minimum Gasteiger partial charge on any atom is -0.506 e. The van der Waals surface area contributed by atoms with E-state index in [4.69, 9.17) is 0 Å². The number of sulfonamides is 1. The minimum absolute atomic E-state index is 0.0124. The van der Waals surface area contributed by atoms with Gasteiger partial charge in [0.25, 0.3) is 15.7 Å². The third-order valence-corrected chi connectivity index (χ3v) is 6.92. The number of rotatable bonds is 8. The summed E-state index contributed by atoms with van der Waals surface area (Å²) in [5, 5.41) is 34.3. The van der Waals surface area contributed by atoms with E-state index in [0.29, 0.717) is 14.5 Å². The summed E-state index contributed by atoms with van der Waals surface area (Å²) >= 11 is 6.37. The molecule has 0 atom stereocenters. The fourth-order valence-electron chi connectivity index (χ4n) is 2.73. The first kappa shape index (κ1) is 25.1. The number of nitrogens with zero attached hydrogens (tertiary/aromatic N) is 2. The zero-order valence-electron chi connectivity index (χ0n) is 16.8. The van der Waals surface area contributed by atoms with E-state index in [1.54, 1.807) is 12.1 Å². The van der Waals surface area contributed by atoms with E-state index >= 15 is 0 Å². The van der Waals surface area contributed by atoms with Crippen LogP contribution in [0.5, 0.6) is 5.75 Å². The van der Waals surface area contributed by atoms with Gasteiger partial charge in [-0.3, -0.25) is 20.3 Å². The van der Waals surface area contributed by atoms with Gasteiger partial charge >= 0.3 is 5.97 Å². The van der Waals surface area contributed by atoms with Crippen molar-refractivity contribution in [1.82, 2.24) is 0 Å². The van der Waals surface area contributed by atoms with Crippen LogP contribution in [0, 0.1) is 10.1 Å². The Morgan fingerprint density at radius 1 is 1.06 bits per heavy atom. The van der Waals surface area contributed by atoms with Crippen molar-refractivity contribution in [3.63, 3.8) is 0 Å². The summed E-state index contributed by atoms with van der Waals surface area (Å²) in [5.41, 5.74) is 1.96. The molecule has 0 aromatic heterocycles. The fraction of sp³-hybridized carbons (Fsp3) is 0. The molecule has 11 nitrogen and oxygen atoms in total. The number of aromatic hydroxyl groups is 1. The van der Waals surface area contributed by atoms with E-state index in [1.807, 2.05) is 0 Å². The summed E-state index contributed by atoms with van der Waals surface area (Å²) in [7, 11) is -4.47. The Morgan fingerprint density at radius 3 is 2.32 bits per heavy atom. The smallest absolute Gasteiger partial charge is 0.337 e. The van der Waals surface area contributed by atoms with Crippen molar-refractivity contribution in [1.29, 1.82) is 0 Å². The molecule has 0 aliphatic heterocycles. The van der Waals surface area contributed by atoms with Crippen LogP contribution < -0.4 is 10.1 Å². The lowest BCUT2D eigenvalue weighted by molar-refractivity contribution is -0.385. The first-order valence-electron chi connectivity index (χ1n) is 9.10. The van der Waals surface area contributed by atoms with Crippen molar-refractivity contribution >= 4 is 71.1 Å². The molecule has 0 saturated heterocycles. The molecule has 0 aliphatic rings. The van der Waals surface area contributed by atoms with Crippen LogP contribution in [0.15, 0.2) is 73.5 Å². The second-order valence-electron chi connectivity index (χ2n) is 6.60. The van der Waals surface area contributed by atoms with Crippen LogP contribution in [-0.4, -0.2) is 35.7 Å². The van der Waals surface area contributed by atoms with Crippen LogP contribution in [0.2, 0.25) is 0 Å². The molecule has 0 amide bonds. The third kappa shape index (κ3) is 5.70. The number of nitro groups is 1. The monoisotopic (exact) mass is 612 g/mol. The van der Waals surface area contributed by atoms with Gasteiger partial charge in [-0.2, -0.15) is 5.10 Å². The summed E-state index contributed by atoms with van der Waals surface area (Å²) < 4.78 is 29.1. The molecule has 0 fully saturated rings. The standard InChI is InChI=1S/C20H14Br2N4O7S/c21-14-7-11(8-15(22)19(14)27)10-23-24-17-6-5-12(26(30)31)9-18(17)34(32,33)25-16-4-2-1-3-13(16)20(28)29/h1-10,24-25,27H,(H,28,29)/b23-10+. The number of nitrogens with one attached hydrogen (secondary N) is 2. The zero-order valence-corrected chi connectivity index (χ0v) is 20.8. The molecule has 0 saturated carbocycles. The molecule has 14 heteroatoms. The maximum atomic E-state index is 13.1. The van der Waals surface area contributed by atoms with Gasteiger partial charge in [0, 0.05) is 12.1 Å². The van der Waals surface area contributed by atoms with Gasteiger partial charge in [0.15, 0.2) is 0 Å². The average molecular weight is 614 g/mol. The summed E-state index contributed by atoms with van der Waals surface area (Å²) in [6.07, 6.45) is 1.33. The second-order valence-corrected chi connectivity index (χ2v) is 9.96. The van der Waals surface area contributed by atoms with E-state index in [9.17, 15) is 33.5 Å². The van der Waals surface area contributed by atoms with Gasteiger partial charge in [-0.25, -0.2) is 13.2 Å². The third-order valence-electron chi connectivity index (χ3n) is 4.31. The lowest BCUT2D eigenvalue weighted by Crippen LogP contribution is -2.17. The molecule has 3 aromatic rings. The Hall–Kier alpha value is -3.49. The van der Waals surface area contributed by atoms with E-state index in [-0.39, 0.29) is 22.7 Å². The molecule has 0 radical (unpaired) electrons. The number of carboxylic acid groups (broad SMARTS) is 1. The van der Waals surface area contributed by atoms with Gasteiger partial charge in [-0.1, -0.05) is 12.1 Å². The topological polar surface area (TPSA) is 171 Å². The van der Waals surface area contributed by atoms with E-state index in [2.05, 4.69) is 47.1 Å². The number of carboxylic acids is 1. The number of phenolic OH excluding ortho intramolecular Hbond substituents is 1. The highest BCUT2D eigenvalue weighted by Crippen LogP contribution is 2.33. The first-order chi connectivity index (χ1) is 16.0. The molecule has 0 aliphatic carbocycles. The quantitative estimate of drug-likeness (QED) is 0.160. The highest BCUT2D eigenvalue weighted by molar-refractivity contribution is 9.11. The normalized spacial score (nSPS) is 11.4. The molecule has 3 aromatic carbocycles. The van der Waals surface area contributed by atoms with Gasteiger partial charge in [0.05, 0.1) is 37.0 Å². The maximum absolute atomic E-state index is 13.1. The molecular formula is C20H14Br2N4O7S. The summed E-state index contributed by atoms with van der Waals surface area (Å²) in [4.78, 5) is 21.4. The number of aromatic carboxylic acids is 1. The predicted molar refractivity (Wildman–Crippen MR) is 132 cm³/mol. The second kappa shape index (κ2) is 10.2. The number of hydrogen-bond donors (Lipinski definition) is 4. The van der Waals surface area contributed by atoms with Gasteiger partial charge < -0.3 is 10.2 Å². The average Bonchev–Trinajstić information content (AvgIpc) is 2.77. The number of carbonyl (C=O) groups is 1.